The van der Waals surface area contributed by atoms with Crippen molar-refractivity contribution in [1.82, 2.24) is 0 Å². The third-order valence-electron chi connectivity index (χ3n) is 5.30. The Hall–Kier alpha value is -2.14. The summed E-state index contributed by atoms with van der Waals surface area (Å²) in [6, 6.07) is 10.9. The molecule has 29 heavy (non-hydrogen) atoms. The van der Waals surface area contributed by atoms with Gasteiger partial charge in [0.1, 0.15) is 6.61 Å². The molecule has 1 aliphatic rings. The molecular formula is C24H30F2O3. The van der Waals surface area contributed by atoms with Gasteiger partial charge in [0.15, 0.2) is 11.5 Å². The van der Waals surface area contributed by atoms with Crippen molar-refractivity contribution in [3.63, 3.8) is 0 Å². The summed E-state index contributed by atoms with van der Waals surface area (Å²) in [6.45, 7) is 5.36. The Morgan fingerprint density at radius 2 is 1.59 bits per heavy atom. The Kier molecular flexibility index (Phi) is 7.87. The first-order valence-corrected chi connectivity index (χ1v) is 10.6. The van der Waals surface area contributed by atoms with E-state index in [9.17, 15) is 8.78 Å². The molecule has 2 unspecified atom stereocenters. The van der Waals surface area contributed by atoms with E-state index >= 15 is 0 Å². The van der Waals surface area contributed by atoms with Crippen LogP contribution in [0.15, 0.2) is 36.4 Å². The SMILES string of the molecule is CCCOc1ccc(OCc2ccc(C3CCC(CCC)OC3)cc2)c(F)c1F. The standard InChI is InChI=1S/C24H30F2O3/c1-3-5-20-11-10-19(16-28-20)18-8-6-17(7-9-18)15-29-22-13-12-21(27-14-4-2)23(25)24(22)26/h6-9,12-13,19-20H,3-5,10-11,14-16H2,1-2H3. The molecule has 3 nitrogen and oxygen atoms in total. The Labute approximate surface area is 172 Å². The number of hydrogen-bond acceptors (Lipinski definition) is 3. The van der Waals surface area contributed by atoms with Gasteiger partial charge < -0.3 is 14.2 Å². The summed E-state index contributed by atoms with van der Waals surface area (Å²) < 4.78 is 44.9. The van der Waals surface area contributed by atoms with E-state index < -0.39 is 11.6 Å². The van der Waals surface area contributed by atoms with E-state index in [0.29, 0.717) is 18.6 Å². The molecule has 0 aromatic heterocycles. The van der Waals surface area contributed by atoms with Crippen molar-refractivity contribution in [2.45, 2.75) is 64.6 Å². The Bertz CT molecular complexity index is 768. The average molecular weight is 404 g/mol. The molecule has 2 aromatic rings. The normalized spacial score (nSPS) is 19.2. The van der Waals surface area contributed by atoms with Gasteiger partial charge in [0, 0.05) is 5.92 Å². The Balaban J connectivity index is 1.55. The first-order valence-electron chi connectivity index (χ1n) is 10.6. The maximum Gasteiger partial charge on any atom is 0.204 e. The molecule has 0 spiro atoms. The zero-order valence-electron chi connectivity index (χ0n) is 17.3. The zero-order chi connectivity index (χ0) is 20.6. The number of hydrogen-bond donors (Lipinski definition) is 0. The predicted molar refractivity (Wildman–Crippen MR) is 110 cm³/mol. The first-order chi connectivity index (χ1) is 14.1. The fourth-order valence-electron chi connectivity index (χ4n) is 3.61. The average Bonchev–Trinajstić information content (AvgIpc) is 2.75. The van der Waals surface area contributed by atoms with E-state index in [-0.39, 0.29) is 18.1 Å². The summed E-state index contributed by atoms with van der Waals surface area (Å²) in [4.78, 5) is 0. The Morgan fingerprint density at radius 3 is 2.17 bits per heavy atom. The van der Waals surface area contributed by atoms with Crippen LogP contribution < -0.4 is 9.47 Å². The molecule has 5 heteroatoms. The minimum absolute atomic E-state index is 0.0862. The van der Waals surface area contributed by atoms with E-state index in [1.165, 1.54) is 17.7 Å². The Morgan fingerprint density at radius 1 is 0.897 bits per heavy atom. The summed E-state index contributed by atoms with van der Waals surface area (Å²) in [5.41, 5.74) is 2.15. The zero-order valence-corrected chi connectivity index (χ0v) is 17.3. The molecule has 1 aliphatic heterocycles. The van der Waals surface area contributed by atoms with Crippen LogP contribution in [0.5, 0.6) is 11.5 Å². The second-order valence-electron chi connectivity index (χ2n) is 7.59. The molecule has 3 rings (SSSR count). The fourth-order valence-corrected chi connectivity index (χ4v) is 3.61. The third-order valence-corrected chi connectivity index (χ3v) is 5.30. The maximum absolute atomic E-state index is 14.2. The fraction of sp³-hybridized carbons (Fsp3) is 0.500. The quantitative estimate of drug-likeness (QED) is 0.484. The summed E-state index contributed by atoms with van der Waals surface area (Å²) >= 11 is 0. The van der Waals surface area contributed by atoms with Gasteiger partial charge in [-0.3, -0.25) is 0 Å². The van der Waals surface area contributed by atoms with Crippen LogP contribution >= 0.6 is 0 Å². The highest BCUT2D eigenvalue weighted by Crippen LogP contribution is 2.31. The van der Waals surface area contributed by atoms with Gasteiger partial charge in [-0.2, -0.15) is 8.78 Å². The molecule has 1 heterocycles. The third kappa shape index (κ3) is 5.69. The molecule has 0 bridgehead atoms. The number of benzene rings is 2. The van der Waals surface area contributed by atoms with Crippen molar-refractivity contribution in [2.24, 2.45) is 0 Å². The molecule has 1 fully saturated rings. The van der Waals surface area contributed by atoms with Crippen LogP contribution in [0.4, 0.5) is 8.78 Å². The van der Waals surface area contributed by atoms with E-state index in [1.807, 2.05) is 19.1 Å². The van der Waals surface area contributed by atoms with Crippen molar-refractivity contribution in [3.05, 3.63) is 59.2 Å². The highest BCUT2D eigenvalue weighted by atomic mass is 19.2. The number of ether oxygens (including phenoxy) is 3. The first kappa shape index (κ1) is 21.6. The molecule has 158 valence electrons. The van der Waals surface area contributed by atoms with Crippen molar-refractivity contribution in [1.29, 1.82) is 0 Å². The van der Waals surface area contributed by atoms with Gasteiger partial charge in [0.25, 0.3) is 0 Å². The van der Waals surface area contributed by atoms with Crippen molar-refractivity contribution < 1.29 is 23.0 Å². The second kappa shape index (κ2) is 10.6. The lowest BCUT2D eigenvalue weighted by molar-refractivity contribution is -0.00111. The summed E-state index contributed by atoms with van der Waals surface area (Å²) in [5.74, 6) is -1.81. The van der Waals surface area contributed by atoms with Gasteiger partial charge in [0.2, 0.25) is 11.6 Å². The van der Waals surface area contributed by atoms with Gasteiger partial charge in [-0.05, 0) is 48.9 Å². The van der Waals surface area contributed by atoms with E-state index in [1.54, 1.807) is 0 Å². The molecule has 2 atom stereocenters. The monoisotopic (exact) mass is 404 g/mol. The van der Waals surface area contributed by atoms with Gasteiger partial charge >= 0.3 is 0 Å². The summed E-state index contributed by atoms with van der Waals surface area (Å²) in [7, 11) is 0. The highest BCUT2D eigenvalue weighted by Gasteiger charge is 2.22. The number of rotatable bonds is 9. The van der Waals surface area contributed by atoms with Crippen LogP contribution in [-0.4, -0.2) is 19.3 Å². The van der Waals surface area contributed by atoms with Crippen LogP contribution in [0, 0.1) is 11.6 Å². The lowest BCUT2D eigenvalue weighted by atomic mass is 9.90. The topological polar surface area (TPSA) is 27.7 Å². The predicted octanol–water partition coefficient (Wildman–Crippen LogP) is 6.40. The van der Waals surface area contributed by atoms with Crippen LogP contribution in [-0.2, 0) is 11.3 Å². The maximum atomic E-state index is 14.2. The molecular weight excluding hydrogens is 374 g/mol. The molecule has 0 saturated carbocycles. The van der Waals surface area contributed by atoms with Crippen molar-refractivity contribution >= 4 is 0 Å². The van der Waals surface area contributed by atoms with E-state index in [0.717, 1.165) is 44.3 Å². The minimum atomic E-state index is -1.02. The summed E-state index contributed by atoms with van der Waals surface area (Å²) in [5, 5.41) is 0. The molecule has 0 aliphatic carbocycles. The second-order valence-corrected chi connectivity index (χ2v) is 7.59. The minimum Gasteiger partial charge on any atom is -0.490 e. The molecule has 0 amide bonds. The number of halogens is 2. The largest absolute Gasteiger partial charge is 0.490 e. The molecule has 0 N–H and O–H groups in total. The van der Waals surface area contributed by atoms with Crippen LogP contribution in [0.3, 0.4) is 0 Å². The van der Waals surface area contributed by atoms with E-state index in [2.05, 4.69) is 19.1 Å². The van der Waals surface area contributed by atoms with Crippen molar-refractivity contribution in [2.75, 3.05) is 13.2 Å². The van der Waals surface area contributed by atoms with Crippen LogP contribution in [0.25, 0.3) is 0 Å². The molecule has 2 aromatic carbocycles. The van der Waals surface area contributed by atoms with Crippen molar-refractivity contribution in [3.8, 4) is 11.5 Å². The summed E-state index contributed by atoms with van der Waals surface area (Å²) in [6.07, 6.45) is 5.65. The van der Waals surface area contributed by atoms with Crippen LogP contribution in [0.2, 0.25) is 0 Å². The molecule has 0 radical (unpaired) electrons. The lowest BCUT2D eigenvalue weighted by Crippen LogP contribution is -2.24. The van der Waals surface area contributed by atoms with Gasteiger partial charge in [-0.15, -0.1) is 0 Å². The molecule has 1 saturated heterocycles. The van der Waals surface area contributed by atoms with Gasteiger partial charge in [-0.25, -0.2) is 0 Å². The van der Waals surface area contributed by atoms with Crippen LogP contribution in [0.1, 0.15) is 63.0 Å². The smallest absolute Gasteiger partial charge is 0.204 e. The lowest BCUT2D eigenvalue weighted by Gasteiger charge is -2.29. The van der Waals surface area contributed by atoms with Gasteiger partial charge in [0.05, 0.1) is 19.3 Å². The highest BCUT2D eigenvalue weighted by molar-refractivity contribution is 5.35. The van der Waals surface area contributed by atoms with Gasteiger partial charge in [-0.1, -0.05) is 44.5 Å². The van der Waals surface area contributed by atoms with E-state index in [4.69, 9.17) is 14.2 Å².